The summed E-state index contributed by atoms with van der Waals surface area (Å²) in [5.41, 5.74) is 5.44. The number of rotatable bonds is 5. The normalized spacial score (nSPS) is 16.1. The number of nitrogens with zero attached hydrogens (tertiary/aromatic N) is 2. The van der Waals surface area contributed by atoms with E-state index in [2.05, 4.69) is 10.4 Å². The third-order valence-electron chi connectivity index (χ3n) is 4.69. The zero-order chi connectivity index (χ0) is 18.0. The summed E-state index contributed by atoms with van der Waals surface area (Å²) in [7, 11) is 0. The number of benzene rings is 1. The van der Waals surface area contributed by atoms with Crippen LogP contribution >= 0.6 is 0 Å². The first-order valence-electron chi connectivity index (χ1n) is 8.54. The molecule has 1 aliphatic rings. The van der Waals surface area contributed by atoms with Gasteiger partial charge in [-0.25, -0.2) is 0 Å². The molecule has 7 nitrogen and oxygen atoms in total. The van der Waals surface area contributed by atoms with Crippen LogP contribution in [-0.2, 0) is 16.1 Å². The molecule has 1 saturated heterocycles. The summed E-state index contributed by atoms with van der Waals surface area (Å²) in [5.74, 6) is -0.507. The molecule has 0 radical (unpaired) electrons. The van der Waals surface area contributed by atoms with Crippen LogP contribution in [0.3, 0.4) is 0 Å². The minimum absolute atomic E-state index is 0.317. The number of hydrogen-bond acceptors (Lipinski definition) is 4. The molecule has 1 fully saturated rings. The highest BCUT2D eigenvalue weighted by molar-refractivity contribution is 6.06. The number of para-hydroxylation sites is 1. The molecule has 7 heteroatoms. The summed E-state index contributed by atoms with van der Waals surface area (Å²) in [6, 6.07) is 7.63. The van der Waals surface area contributed by atoms with Crippen molar-refractivity contribution in [2.24, 2.45) is 11.7 Å². The second kappa shape index (κ2) is 6.84. The van der Waals surface area contributed by atoms with E-state index < -0.39 is 17.4 Å². The highest BCUT2D eigenvalue weighted by Gasteiger charge is 2.29. The Morgan fingerprint density at radius 3 is 2.68 bits per heavy atom. The molecule has 0 unspecified atom stereocenters. The summed E-state index contributed by atoms with van der Waals surface area (Å²) >= 11 is 0. The highest BCUT2D eigenvalue weighted by atomic mass is 16.5. The molecule has 3 N–H and O–H groups in total. The largest absolute Gasteiger partial charge is 0.381 e. The Hall–Kier alpha value is -2.41. The molecule has 2 amide bonds. The van der Waals surface area contributed by atoms with E-state index in [1.165, 1.54) is 0 Å². The number of carbonyl (C=O) groups is 2. The van der Waals surface area contributed by atoms with Gasteiger partial charge in [-0.05, 0) is 38.7 Å². The maximum absolute atomic E-state index is 12.7. The van der Waals surface area contributed by atoms with Gasteiger partial charge in [-0.2, -0.15) is 5.10 Å². The van der Waals surface area contributed by atoms with Gasteiger partial charge >= 0.3 is 0 Å². The molecule has 1 aromatic carbocycles. The molecule has 1 aromatic heterocycles. The predicted molar refractivity (Wildman–Crippen MR) is 94.0 cm³/mol. The van der Waals surface area contributed by atoms with Crippen molar-refractivity contribution in [1.82, 2.24) is 15.1 Å². The lowest BCUT2D eigenvalue weighted by molar-refractivity contribution is -0.122. The SMILES string of the molecule is CC(C)(NC(=O)c1nn(CC2CCOCC2)c2ccccc12)C(N)=O. The first-order valence-corrected chi connectivity index (χ1v) is 8.54. The van der Waals surface area contributed by atoms with Crippen LogP contribution in [0.1, 0.15) is 37.2 Å². The van der Waals surface area contributed by atoms with Gasteiger partial charge in [-0.1, -0.05) is 18.2 Å². The van der Waals surface area contributed by atoms with Crippen molar-refractivity contribution in [3.8, 4) is 0 Å². The van der Waals surface area contributed by atoms with Crippen LogP contribution in [0.25, 0.3) is 10.9 Å². The minimum Gasteiger partial charge on any atom is -0.381 e. The number of ether oxygens (including phenoxy) is 1. The van der Waals surface area contributed by atoms with Crippen LogP contribution in [0.4, 0.5) is 0 Å². The van der Waals surface area contributed by atoms with Crippen molar-refractivity contribution in [1.29, 1.82) is 0 Å². The summed E-state index contributed by atoms with van der Waals surface area (Å²) in [5, 5.41) is 7.98. The van der Waals surface area contributed by atoms with E-state index in [-0.39, 0.29) is 0 Å². The lowest BCUT2D eigenvalue weighted by Gasteiger charge is -2.22. The van der Waals surface area contributed by atoms with Crippen LogP contribution in [0.15, 0.2) is 24.3 Å². The van der Waals surface area contributed by atoms with Crippen LogP contribution in [0.2, 0.25) is 0 Å². The fourth-order valence-electron chi connectivity index (χ4n) is 3.01. The van der Waals surface area contributed by atoms with Gasteiger partial charge in [-0.3, -0.25) is 14.3 Å². The van der Waals surface area contributed by atoms with E-state index in [0.29, 0.717) is 11.6 Å². The molecule has 0 saturated carbocycles. The number of fused-ring (bicyclic) bond motifs is 1. The first-order chi connectivity index (χ1) is 11.9. The molecule has 0 bridgehead atoms. The second-order valence-corrected chi connectivity index (χ2v) is 7.05. The number of aromatic nitrogens is 2. The molecule has 2 heterocycles. The van der Waals surface area contributed by atoms with Crippen molar-refractivity contribution in [3.05, 3.63) is 30.0 Å². The monoisotopic (exact) mass is 344 g/mol. The molecule has 3 rings (SSSR count). The lowest BCUT2D eigenvalue weighted by atomic mass is 10.0. The summed E-state index contributed by atoms with van der Waals surface area (Å²) in [6.07, 6.45) is 1.98. The van der Waals surface area contributed by atoms with Crippen molar-refractivity contribution >= 4 is 22.7 Å². The van der Waals surface area contributed by atoms with Crippen LogP contribution in [0, 0.1) is 5.92 Å². The molecule has 25 heavy (non-hydrogen) atoms. The quantitative estimate of drug-likeness (QED) is 0.857. The van der Waals surface area contributed by atoms with Gasteiger partial charge in [0.2, 0.25) is 5.91 Å². The number of amides is 2. The van der Waals surface area contributed by atoms with Crippen molar-refractivity contribution < 1.29 is 14.3 Å². The van der Waals surface area contributed by atoms with Gasteiger partial charge in [0.05, 0.1) is 5.52 Å². The van der Waals surface area contributed by atoms with Crippen LogP contribution in [-0.4, -0.2) is 40.3 Å². The summed E-state index contributed by atoms with van der Waals surface area (Å²) in [4.78, 5) is 24.2. The lowest BCUT2D eigenvalue weighted by Crippen LogP contribution is -2.53. The van der Waals surface area contributed by atoms with Gasteiger partial charge in [0.15, 0.2) is 5.69 Å². The van der Waals surface area contributed by atoms with Gasteiger partial charge in [0.25, 0.3) is 5.91 Å². The average molecular weight is 344 g/mol. The third-order valence-corrected chi connectivity index (χ3v) is 4.69. The zero-order valence-electron chi connectivity index (χ0n) is 14.6. The number of carbonyl (C=O) groups excluding carboxylic acids is 2. The van der Waals surface area contributed by atoms with Gasteiger partial charge in [-0.15, -0.1) is 0 Å². The van der Waals surface area contributed by atoms with Gasteiger partial charge in [0.1, 0.15) is 5.54 Å². The van der Waals surface area contributed by atoms with E-state index in [1.807, 2.05) is 28.9 Å². The van der Waals surface area contributed by atoms with E-state index >= 15 is 0 Å². The fourth-order valence-corrected chi connectivity index (χ4v) is 3.01. The number of nitrogens with two attached hydrogens (primary N) is 1. The summed E-state index contributed by atoms with van der Waals surface area (Å²) in [6.45, 7) is 5.44. The topological polar surface area (TPSA) is 99.2 Å². The Kier molecular flexibility index (Phi) is 4.76. The Labute approximate surface area is 146 Å². The Bertz CT molecular complexity index is 791. The molecule has 0 spiro atoms. The van der Waals surface area contributed by atoms with Crippen molar-refractivity contribution in [2.45, 2.75) is 38.8 Å². The molecular weight excluding hydrogens is 320 g/mol. The molecule has 0 aliphatic carbocycles. The van der Waals surface area contributed by atoms with Crippen molar-refractivity contribution in [3.63, 3.8) is 0 Å². The van der Waals surface area contributed by atoms with E-state index in [0.717, 1.165) is 43.5 Å². The molecule has 1 aliphatic heterocycles. The molecule has 2 aromatic rings. The second-order valence-electron chi connectivity index (χ2n) is 7.05. The number of nitrogens with one attached hydrogen (secondary N) is 1. The maximum Gasteiger partial charge on any atom is 0.273 e. The zero-order valence-corrected chi connectivity index (χ0v) is 14.6. The van der Waals surface area contributed by atoms with Gasteiger partial charge < -0.3 is 15.8 Å². The first kappa shape index (κ1) is 17.4. The summed E-state index contributed by atoms with van der Waals surface area (Å²) < 4.78 is 7.29. The molecule has 134 valence electrons. The van der Waals surface area contributed by atoms with Crippen LogP contribution < -0.4 is 11.1 Å². The minimum atomic E-state index is -1.14. The fraction of sp³-hybridized carbons (Fsp3) is 0.500. The van der Waals surface area contributed by atoms with E-state index in [9.17, 15) is 9.59 Å². The highest BCUT2D eigenvalue weighted by Crippen LogP contribution is 2.23. The number of primary amides is 1. The smallest absolute Gasteiger partial charge is 0.273 e. The standard InChI is InChI=1S/C18H24N4O3/c1-18(2,17(19)24)20-16(23)15-13-5-3-4-6-14(13)22(21-15)11-12-7-9-25-10-8-12/h3-6,12H,7-11H2,1-2H3,(H2,19,24)(H,20,23). The van der Waals surface area contributed by atoms with E-state index in [1.54, 1.807) is 13.8 Å². The maximum atomic E-state index is 12.7. The molecule has 0 atom stereocenters. The van der Waals surface area contributed by atoms with Crippen molar-refractivity contribution in [2.75, 3.05) is 13.2 Å². The molecular formula is C18H24N4O3. The Morgan fingerprint density at radius 2 is 2.00 bits per heavy atom. The predicted octanol–water partition coefficient (Wildman–Crippen LogP) is 1.46. The number of hydrogen-bond donors (Lipinski definition) is 2. The van der Waals surface area contributed by atoms with Gasteiger partial charge in [0, 0.05) is 25.1 Å². The average Bonchev–Trinajstić information content (AvgIpc) is 2.94. The Balaban J connectivity index is 1.90. The van der Waals surface area contributed by atoms with Crippen LogP contribution in [0.5, 0.6) is 0 Å². The van der Waals surface area contributed by atoms with E-state index in [4.69, 9.17) is 10.5 Å². The third kappa shape index (κ3) is 3.66. The Morgan fingerprint density at radius 1 is 1.32 bits per heavy atom.